The molecule has 7 heteroatoms. The zero-order valence-electron chi connectivity index (χ0n) is 19.9. The molecule has 0 saturated heterocycles. The number of benzene rings is 2. The number of likely N-dealkylation sites (N-methyl/N-ethyl adjacent to an activating group) is 1. The van der Waals surface area contributed by atoms with Crippen molar-refractivity contribution in [1.29, 1.82) is 0 Å². The van der Waals surface area contributed by atoms with E-state index in [4.69, 9.17) is 9.84 Å². The summed E-state index contributed by atoms with van der Waals surface area (Å²) >= 11 is 0. The third kappa shape index (κ3) is 4.15. The molecule has 2 aromatic carbocycles. The van der Waals surface area contributed by atoms with Crippen molar-refractivity contribution in [3.63, 3.8) is 0 Å². The molecule has 0 aromatic heterocycles. The van der Waals surface area contributed by atoms with Crippen LogP contribution in [0.25, 0.3) is 11.1 Å². The zero-order valence-corrected chi connectivity index (χ0v) is 19.9. The minimum absolute atomic E-state index is 0.0582. The van der Waals surface area contributed by atoms with Gasteiger partial charge >= 0.3 is 12.1 Å². The van der Waals surface area contributed by atoms with Gasteiger partial charge in [-0.05, 0) is 47.9 Å². The highest BCUT2D eigenvalue weighted by Crippen LogP contribution is 2.44. The SMILES string of the molecule is CCC(CC)(NC(=O)OCC1c2ccccc2-c2ccccc21)C(=O)N(C)C1CC(C(=O)O)C1. The predicted molar refractivity (Wildman–Crippen MR) is 128 cm³/mol. The van der Waals surface area contributed by atoms with Crippen LogP contribution in [0.1, 0.15) is 56.6 Å². The van der Waals surface area contributed by atoms with Gasteiger partial charge in [0.2, 0.25) is 5.91 Å². The molecule has 7 nitrogen and oxygen atoms in total. The van der Waals surface area contributed by atoms with Gasteiger partial charge in [-0.15, -0.1) is 0 Å². The van der Waals surface area contributed by atoms with Crippen LogP contribution in [0.2, 0.25) is 0 Å². The molecule has 0 radical (unpaired) electrons. The van der Waals surface area contributed by atoms with Gasteiger partial charge < -0.3 is 20.1 Å². The second kappa shape index (κ2) is 9.49. The van der Waals surface area contributed by atoms with E-state index in [-0.39, 0.29) is 24.5 Å². The maximum absolute atomic E-state index is 13.4. The van der Waals surface area contributed by atoms with E-state index in [1.165, 1.54) is 0 Å². The Morgan fingerprint density at radius 2 is 1.53 bits per heavy atom. The normalized spacial score (nSPS) is 18.9. The summed E-state index contributed by atoms with van der Waals surface area (Å²) < 4.78 is 5.68. The lowest BCUT2D eigenvalue weighted by molar-refractivity contribution is -0.152. The van der Waals surface area contributed by atoms with Crippen LogP contribution in [-0.2, 0) is 14.3 Å². The maximum atomic E-state index is 13.4. The number of fused-ring (bicyclic) bond motifs is 3. The summed E-state index contributed by atoms with van der Waals surface area (Å²) in [5, 5.41) is 12.0. The average molecular weight is 465 g/mol. The molecular formula is C27H32N2O5. The molecular weight excluding hydrogens is 432 g/mol. The van der Waals surface area contributed by atoms with Crippen LogP contribution in [0, 0.1) is 5.92 Å². The molecule has 2 aromatic rings. The van der Waals surface area contributed by atoms with Crippen LogP contribution >= 0.6 is 0 Å². The van der Waals surface area contributed by atoms with Crippen molar-refractivity contribution in [2.24, 2.45) is 5.92 Å². The summed E-state index contributed by atoms with van der Waals surface area (Å²) in [4.78, 5) is 39.0. The highest BCUT2D eigenvalue weighted by molar-refractivity contribution is 5.90. The average Bonchev–Trinajstić information content (AvgIpc) is 3.13. The van der Waals surface area contributed by atoms with Crippen LogP contribution in [0.5, 0.6) is 0 Å². The molecule has 0 atom stereocenters. The van der Waals surface area contributed by atoms with E-state index in [0.717, 1.165) is 22.3 Å². The molecule has 0 heterocycles. The molecule has 180 valence electrons. The van der Waals surface area contributed by atoms with E-state index >= 15 is 0 Å². The predicted octanol–water partition coefficient (Wildman–Crippen LogP) is 4.41. The fourth-order valence-electron chi connectivity index (χ4n) is 5.22. The Morgan fingerprint density at radius 3 is 2.03 bits per heavy atom. The number of hydrogen-bond acceptors (Lipinski definition) is 4. The van der Waals surface area contributed by atoms with Crippen molar-refractivity contribution in [1.82, 2.24) is 10.2 Å². The monoisotopic (exact) mass is 464 g/mol. The number of carbonyl (C=O) groups excluding carboxylic acids is 2. The van der Waals surface area contributed by atoms with E-state index in [2.05, 4.69) is 29.6 Å². The summed E-state index contributed by atoms with van der Waals surface area (Å²) in [6.45, 7) is 3.90. The van der Waals surface area contributed by atoms with Crippen molar-refractivity contribution >= 4 is 18.0 Å². The number of carboxylic acid groups (broad SMARTS) is 1. The van der Waals surface area contributed by atoms with E-state index in [0.29, 0.717) is 25.7 Å². The molecule has 34 heavy (non-hydrogen) atoms. The van der Waals surface area contributed by atoms with Crippen molar-refractivity contribution < 1.29 is 24.2 Å². The van der Waals surface area contributed by atoms with E-state index < -0.39 is 23.5 Å². The zero-order chi connectivity index (χ0) is 24.5. The number of hydrogen-bond donors (Lipinski definition) is 2. The number of alkyl carbamates (subject to hydrolysis) is 1. The largest absolute Gasteiger partial charge is 0.481 e. The highest BCUT2D eigenvalue weighted by Gasteiger charge is 2.45. The number of amides is 2. The van der Waals surface area contributed by atoms with Gasteiger partial charge in [0.1, 0.15) is 12.1 Å². The molecule has 4 rings (SSSR count). The molecule has 1 fully saturated rings. The van der Waals surface area contributed by atoms with Gasteiger partial charge in [0.05, 0.1) is 5.92 Å². The molecule has 1 saturated carbocycles. The van der Waals surface area contributed by atoms with Crippen LogP contribution < -0.4 is 5.32 Å². The van der Waals surface area contributed by atoms with E-state index in [1.54, 1.807) is 11.9 Å². The van der Waals surface area contributed by atoms with Gasteiger partial charge in [0.25, 0.3) is 0 Å². The van der Waals surface area contributed by atoms with Crippen molar-refractivity contribution in [2.45, 2.75) is 57.0 Å². The van der Waals surface area contributed by atoms with E-state index in [1.807, 2.05) is 38.1 Å². The Bertz CT molecular complexity index is 1040. The summed E-state index contributed by atoms with van der Waals surface area (Å²) in [5.41, 5.74) is 3.47. The number of nitrogens with one attached hydrogen (secondary N) is 1. The molecule has 2 amide bonds. The Labute approximate surface area is 200 Å². The standard InChI is InChI=1S/C27H32N2O5/c1-4-27(5-2,25(32)29(3)18-14-17(15-18)24(30)31)28-26(33)34-16-23-21-12-8-6-10-19(21)20-11-7-9-13-22(20)23/h6-13,17-18,23H,4-5,14-16H2,1-3H3,(H,28,33)(H,30,31). The quantitative estimate of drug-likeness (QED) is 0.604. The van der Waals surface area contributed by atoms with E-state index in [9.17, 15) is 14.4 Å². The molecule has 0 bridgehead atoms. The number of aliphatic carboxylic acids is 1. The molecule has 2 aliphatic carbocycles. The fraction of sp³-hybridized carbons (Fsp3) is 0.444. The molecule has 0 aliphatic heterocycles. The topological polar surface area (TPSA) is 95.9 Å². The third-order valence-electron chi connectivity index (χ3n) is 7.63. The van der Waals surface area contributed by atoms with Crippen LogP contribution in [0.3, 0.4) is 0 Å². The van der Waals surface area contributed by atoms with Crippen molar-refractivity contribution in [3.8, 4) is 11.1 Å². The number of carboxylic acids is 1. The summed E-state index contributed by atoms with van der Waals surface area (Å²) in [5.74, 6) is -1.50. The summed E-state index contributed by atoms with van der Waals surface area (Å²) in [7, 11) is 1.69. The third-order valence-corrected chi connectivity index (χ3v) is 7.63. The smallest absolute Gasteiger partial charge is 0.408 e. The van der Waals surface area contributed by atoms with Gasteiger partial charge in [-0.25, -0.2) is 4.79 Å². The summed E-state index contributed by atoms with van der Waals surface area (Å²) in [6, 6.07) is 16.1. The molecule has 2 N–H and O–H groups in total. The van der Waals surface area contributed by atoms with Crippen LogP contribution in [-0.4, -0.2) is 53.2 Å². The fourth-order valence-corrected chi connectivity index (χ4v) is 5.22. The lowest BCUT2D eigenvalue weighted by Crippen LogP contribution is -2.61. The molecule has 0 spiro atoms. The second-order valence-corrected chi connectivity index (χ2v) is 9.32. The first-order valence-corrected chi connectivity index (χ1v) is 11.9. The number of carbonyl (C=O) groups is 3. The minimum Gasteiger partial charge on any atom is -0.481 e. The first-order chi connectivity index (χ1) is 16.3. The van der Waals surface area contributed by atoms with Crippen molar-refractivity contribution in [2.75, 3.05) is 13.7 Å². The van der Waals surface area contributed by atoms with Gasteiger partial charge in [0, 0.05) is 19.0 Å². The lowest BCUT2D eigenvalue weighted by Gasteiger charge is -2.43. The molecule has 2 aliphatic rings. The first kappa shape index (κ1) is 23.8. The van der Waals surface area contributed by atoms with Gasteiger partial charge in [-0.2, -0.15) is 0 Å². The first-order valence-electron chi connectivity index (χ1n) is 11.9. The number of ether oxygens (including phenoxy) is 1. The Hall–Kier alpha value is -3.35. The Morgan fingerprint density at radius 1 is 1.00 bits per heavy atom. The van der Waals surface area contributed by atoms with Gasteiger partial charge in [-0.3, -0.25) is 9.59 Å². The van der Waals surface area contributed by atoms with Crippen LogP contribution in [0.4, 0.5) is 4.79 Å². The van der Waals surface area contributed by atoms with Gasteiger partial charge in [0.15, 0.2) is 0 Å². The number of nitrogens with zero attached hydrogens (tertiary/aromatic N) is 1. The summed E-state index contributed by atoms with van der Waals surface area (Å²) in [6.07, 6.45) is 1.07. The Kier molecular flexibility index (Phi) is 6.64. The molecule has 0 unspecified atom stereocenters. The lowest BCUT2D eigenvalue weighted by atomic mass is 9.78. The maximum Gasteiger partial charge on any atom is 0.408 e. The van der Waals surface area contributed by atoms with Gasteiger partial charge in [-0.1, -0.05) is 62.4 Å². The van der Waals surface area contributed by atoms with Crippen LogP contribution in [0.15, 0.2) is 48.5 Å². The van der Waals surface area contributed by atoms with Crippen molar-refractivity contribution in [3.05, 3.63) is 59.7 Å². The highest BCUT2D eigenvalue weighted by atomic mass is 16.5. The number of rotatable bonds is 8. The second-order valence-electron chi connectivity index (χ2n) is 9.32. The minimum atomic E-state index is -1.09. The Balaban J connectivity index is 1.43.